The SMILES string of the molecule is CCOC(=O)/C=C/n1nnc2ccccc21. The van der Waals surface area contributed by atoms with Gasteiger partial charge in [0.15, 0.2) is 0 Å². The van der Waals surface area contributed by atoms with Crippen molar-refractivity contribution in [2.75, 3.05) is 6.61 Å². The topological polar surface area (TPSA) is 57.0 Å². The van der Waals surface area contributed by atoms with Gasteiger partial charge in [-0.1, -0.05) is 17.3 Å². The van der Waals surface area contributed by atoms with Gasteiger partial charge in [0.2, 0.25) is 0 Å². The largest absolute Gasteiger partial charge is 0.463 e. The summed E-state index contributed by atoms with van der Waals surface area (Å²) in [4.78, 5) is 11.1. The van der Waals surface area contributed by atoms with Gasteiger partial charge in [-0.3, -0.25) is 0 Å². The molecular weight excluding hydrogens is 206 g/mol. The van der Waals surface area contributed by atoms with E-state index in [1.807, 2.05) is 24.3 Å². The maximum Gasteiger partial charge on any atom is 0.332 e. The van der Waals surface area contributed by atoms with Gasteiger partial charge in [-0.15, -0.1) is 5.10 Å². The van der Waals surface area contributed by atoms with Gasteiger partial charge in [-0.05, 0) is 19.1 Å². The van der Waals surface area contributed by atoms with Crippen LogP contribution in [0.15, 0.2) is 30.3 Å². The zero-order chi connectivity index (χ0) is 11.4. The highest BCUT2D eigenvalue weighted by Gasteiger charge is 2.00. The normalized spacial score (nSPS) is 11.1. The summed E-state index contributed by atoms with van der Waals surface area (Å²) in [7, 11) is 0. The van der Waals surface area contributed by atoms with Gasteiger partial charge in [0.1, 0.15) is 5.52 Å². The Morgan fingerprint density at radius 3 is 3.12 bits per heavy atom. The average molecular weight is 217 g/mol. The molecule has 0 fully saturated rings. The number of para-hydroxylation sites is 1. The van der Waals surface area contributed by atoms with Crippen molar-refractivity contribution < 1.29 is 9.53 Å². The molecule has 0 saturated heterocycles. The summed E-state index contributed by atoms with van der Waals surface area (Å²) in [5.74, 6) is -0.387. The van der Waals surface area contributed by atoms with Crippen LogP contribution in [-0.2, 0) is 9.53 Å². The van der Waals surface area contributed by atoms with Gasteiger partial charge in [0.25, 0.3) is 0 Å². The first kappa shape index (κ1) is 10.4. The molecule has 0 N–H and O–H groups in total. The molecule has 1 heterocycles. The van der Waals surface area contributed by atoms with Crippen molar-refractivity contribution in [3.05, 3.63) is 30.3 Å². The lowest BCUT2D eigenvalue weighted by Crippen LogP contribution is -2.00. The zero-order valence-electron chi connectivity index (χ0n) is 8.83. The summed E-state index contributed by atoms with van der Waals surface area (Å²) in [6.45, 7) is 2.12. The lowest BCUT2D eigenvalue weighted by molar-refractivity contribution is -0.137. The molecule has 5 heteroatoms. The molecule has 0 bridgehead atoms. The van der Waals surface area contributed by atoms with E-state index in [2.05, 4.69) is 10.3 Å². The maximum atomic E-state index is 11.1. The van der Waals surface area contributed by atoms with Crippen molar-refractivity contribution in [2.24, 2.45) is 0 Å². The number of carbonyl (C=O) groups excluding carboxylic acids is 1. The minimum atomic E-state index is -0.387. The van der Waals surface area contributed by atoms with Crippen molar-refractivity contribution in [2.45, 2.75) is 6.92 Å². The summed E-state index contributed by atoms with van der Waals surface area (Å²) >= 11 is 0. The molecule has 82 valence electrons. The van der Waals surface area contributed by atoms with Crippen molar-refractivity contribution in [3.63, 3.8) is 0 Å². The Kier molecular flexibility index (Phi) is 2.95. The van der Waals surface area contributed by atoms with Crippen LogP contribution in [-0.4, -0.2) is 27.6 Å². The van der Waals surface area contributed by atoms with E-state index in [-0.39, 0.29) is 5.97 Å². The third kappa shape index (κ3) is 2.08. The Morgan fingerprint density at radius 1 is 1.50 bits per heavy atom. The van der Waals surface area contributed by atoms with E-state index in [0.717, 1.165) is 11.0 Å². The van der Waals surface area contributed by atoms with E-state index >= 15 is 0 Å². The average Bonchev–Trinajstić information content (AvgIpc) is 2.70. The van der Waals surface area contributed by atoms with Crippen molar-refractivity contribution in [1.82, 2.24) is 15.0 Å². The fraction of sp³-hybridized carbons (Fsp3) is 0.182. The molecule has 0 aliphatic heterocycles. The molecule has 0 atom stereocenters. The number of carbonyl (C=O) groups is 1. The number of hydrogen-bond acceptors (Lipinski definition) is 4. The van der Waals surface area contributed by atoms with Gasteiger partial charge in [0, 0.05) is 12.3 Å². The number of ether oxygens (including phenoxy) is 1. The number of rotatable bonds is 3. The molecule has 0 saturated carbocycles. The predicted octanol–water partition coefficient (Wildman–Crippen LogP) is 1.47. The van der Waals surface area contributed by atoms with Crippen LogP contribution in [0.4, 0.5) is 0 Å². The van der Waals surface area contributed by atoms with E-state index in [0.29, 0.717) is 6.61 Å². The van der Waals surface area contributed by atoms with Crippen LogP contribution in [0.2, 0.25) is 0 Å². The minimum absolute atomic E-state index is 0.362. The third-order valence-corrected chi connectivity index (χ3v) is 2.02. The first-order valence-electron chi connectivity index (χ1n) is 4.96. The van der Waals surface area contributed by atoms with Crippen molar-refractivity contribution in [1.29, 1.82) is 0 Å². The lowest BCUT2D eigenvalue weighted by atomic mass is 10.3. The molecule has 2 aromatic rings. The molecule has 0 amide bonds. The van der Waals surface area contributed by atoms with Gasteiger partial charge in [-0.25, -0.2) is 9.48 Å². The Labute approximate surface area is 92.3 Å². The van der Waals surface area contributed by atoms with Gasteiger partial charge in [0.05, 0.1) is 12.1 Å². The fourth-order valence-corrected chi connectivity index (χ4v) is 1.32. The second kappa shape index (κ2) is 4.57. The molecular formula is C11H11N3O2. The quantitative estimate of drug-likeness (QED) is 0.577. The molecule has 16 heavy (non-hydrogen) atoms. The minimum Gasteiger partial charge on any atom is -0.463 e. The summed E-state index contributed by atoms with van der Waals surface area (Å²) in [5.41, 5.74) is 1.64. The van der Waals surface area contributed by atoms with Crippen LogP contribution < -0.4 is 0 Å². The van der Waals surface area contributed by atoms with Gasteiger partial charge >= 0.3 is 5.97 Å². The molecule has 0 aliphatic carbocycles. The first-order chi connectivity index (χ1) is 7.81. The number of fused-ring (bicyclic) bond motifs is 1. The maximum absolute atomic E-state index is 11.1. The zero-order valence-corrected chi connectivity index (χ0v) is 8.83. The number of esters is 1. The van der Waals surface area contributed by atoms with Crippen LogP contribution in [0.3, 0.4) is 0 Å². The third-order valence-electron chi connectivity index (χ3n) is 2.02. The van der Waals surface area contributed by atoms with E-state index in [1.54, 1.807) is 6.92 Å². The second-order valence-electron chi connectivity index (χ2n) is 3.09. The molecule has 2 rings (SSSR count). The van der Waals surface area contributed by atoms with Crippen LogP contribution in [0.5, 0.6) is 0 Å². The molecule has 0 unspecified atom stereocenters. The number of aromatic nitrogens is 3. The number of nitrogens with zero attached hydrogens (tertiary/aromatic N) is 3. The smallest absolute Gasteiger partial charge is 0.332 e. The molecule has 5 nitrogen and oxygen atoms in total. The van der Waals surface area contributed by atoms with Crippen LogP contribution in [0.1, 0.15) is 6.92 Å². The molecule has 0 radical (unpaired) electrons. The lowest BCUT2D eigenvalue weighted by Gasteiger charge is -1.95. The Bertz CT molecular complexity index is 531. The summed E-state index contributed by atoms with van der Waals surface area (Å²) in [6, 6.07) is 7.51. The van der Waals surface area contributed by atoms with E-state index in [1.165, 1.54) is 17.0 Å². The first-order valence-corrected chi connectivity index (χ1v) is 4.96. The van der Waals surface area contributed by atoms with E-state index in [9.17, 15) is 4.79 Å². The van der Waals surface area contributed by atoms with Gasteiger partial charge < -0.3 is 4.74 Å². The summed E-state index contributed by atoms with van der Waals surface area (Å²) < 4.78 is 6.30. The van der Waals surface area contributed by atoms with E-state index < -0.39 is 0 Å². The van der Waals surface area contributed by atoms with Crippen molar-refractivity contribution in [3.8, 4) is 0 Å². The van der Waals surface area contributed by atoms with Crippen molar-refractivity contribution >= 4 is 23.2 Å². The number of benzene rings is 1. The van der Waals surface area contributed by atoms with Gasteiger partial charge in [-0.2, -0.15) is 0 Å². The summed E-state index contributed by atoms with van der Waals surface area (Å²) in [5, 5.41) is 7.85. The number of hydrogen-bond donors (Lipinski definition) is 0. The Hall–Kier alpha value is -2.17. The second-order valence-corrected chi connectivity index (χ2v) is 3.09. The molecule has 0 spiro atoms. The highest BCUT2D eigenvalue weighted by Crippen LogP contribution is 2.09. The van der Waals surface area contributed by atoms with Crippen LogP contribution in [0, 0.1) is 0 Å². The highest BCUT2D eigenvalue weighted by molar-refractivity contribution is 5.86. The van der Waals surface area contributed by atoms with Crippen LogP contribution in [0.25, 0.3) is 17.2 Å². The fourth-order valence-electron chi connectivity index (χ4n) is 1.32. The predicted molar refractivity (Wildman–Crippen MR) is 59.5 cm³/mol. The molecule has 1 aromatic carbocycles. The van der Waals surface area contributed by atoms with E-state index in [4.69, 9.17) is 4.74 Å². The van der Waals surface area contributed by atoms with Crippen LogP contribution >= 0.6 is 0 Å². The Balaban J connectivity index is 2.24. The molecule has 1 aromatic heterocycles. The molecule has 0 aliphatic rings. The summed E-state index contributed by atoms with van der Waals surface area (Å²) in [6.07, 6.45) is 2.86. The highest BCUT2D eigenvalue weighted by atomic mass is 16.5. The standard InChI is InChI=1S/C11H11N3O2/c1-2-16-11(15)7-8-14-10-6-4-3-5-9(10)12-13-14/h3-8H,2H2,1H3/b8-7+. The Morgan fingerprint density at radius 2 is 2.31 bits per heavy atom. The monoisotopic (exact) mass is 217 g/mol.